The third-order valence-electron chi connectivity index (χ3n) is 20.7. The fraction of sp³-hybridized carbons (Fsp3) is 0.958. The maximum Gasteiger partial charge on any atom is 0.306 e. The molecule has 0 aromatic rings. The molecular weight excluding hydrogens is 673 g/mol. The van der Waals surface area contributed by atoms with Gasteiger partial charge in [-0.3, -0.25) is 9.59 Å². The van der Waals surface area contributed by atoms with Crippen LogP contribution in [-0.4, -0.2) is 45.6 Å². The van der Waals surface area contributed by atoms with Gasteiger partial charge < -0.3 is 20.1 Å². The van der Waals surface area contributed by atoms with Crippen LogP contribution in [0, 0.1) is 92.7 Å². The van der Waals surface area contributed by atoms with Crippen LogP contribution in [-0.2, 0) is 14.3 Å². The van der Waals surface area contributed by atoms with Crippen LogP contribution < -0.4 is 0 Å². The van der Waals surface area contributed by atoms with E-state index < -0.39 is 5.97 Å². The van der Waals surface area contributed by atoms with E-state index in [1.165, 1.54) is 70.6 Å². The van der Waals surface area contributed by atoms with Crippen molar-refractivity contribution in [2.24, 2.45) is 92.7 Å². The van der Waals surface area contributed by atoms with Crippen molar-refractivity contribution in [1.82, 2.24) is 0 Å². The third-order valence-corrected chi connectivity index (χ3v) is 20.7. The second kappa shape index (κ2) is 14.6. The average molecular weight is 751 g/mol. The number of aliphatic hydroxyl groups is 2. The van der Waals surface area contributed by atoms with Gasteiger partial charge in [-0.15, -0.1) is 0 Å². The van der Waals surface area contributed by atoms with E-state index in [9.17, 15) is 24.9 Å². The average Bonchev–Trinajstić information content (AvgIpc) is 3.67. The number of aliphatic carboxylic acids is 1. The number of carbonyl (C=O) groups excluding carboxylic acids is 1. The number of fused-ring (bicyclic) bond motifs is 10. The fourth-order valence-electron chi connectivity index (χ4n) is 17.8. The highest BCUT2D eigenvalue weighted by Gasteiger charge is 2.64. The highest BCUT2D eigenvalue weighted by Crippen LogP contribution is 2.70. The van der Waals surface area contributed by atoms with Gasteiger partial charge in [0.05, 0.1) is 12.2 Å². The Bertz CT molecular complexity index is 1400. The molecule has 8 rings (SSSR count). The van der Waals surface area contributed by atoms with Gasteiger partial charge in [0.25, 0.3) is 0 Å². The zero-order valence-electron chi connectivity index (χ0n) is 35.1. The molecule has 0 aromatic heterocycles. The summed E-state index contributed by atoms with van der Waals surface area (Å²) in [6.07, 6.45) is 21.9. The monoisotopic (exact) mass is 751 g/mol. The van der Waals surface area contributed by atoms with Crippen molar-refractivity contribution in [3.8, 4) is 0 Å². The van der Waals surface area contributed by atoms with E-state index in [0.717, 1.165) is 69.1 Å². The predicted octanol–water partition coefficient (Wildman–Crippen LogP) is 10.5. The standard InChI is InChI=1S/C48H78O6/c1-28(7-15-42(51)52)35-11-13-37-34-10-9-30-26-33(18-22-45(30,3)38(34)19-23-47(35,37)5)54-43(53)16-8-29(2)36-12-14-39-44-40(20-24-48(36,39)6)46(4)21-17-32(49)25-31(46)27-41(44)50/h28-41,44,49-50H,7-27H2,1-6H3,(H,51,52)/t28-,29-,30?,31?,32+,33-,34+,35-,36-,37+,38+,39?,40?,41+,44?,45+,46+,47-,48-/m1/s1. The van der Waals surface area contributed by atoms with Gasteiger partial charge >= 0.3 is 11.9 Å². The lowest BCUT2D eigenvalue weighted by molar-refractivity contribution is -0.174. The molecule has 6 heteroatoms. The molecule has 0 aromatic carbocycles. The summed E-state index contributed by atoms with van der Waals surface area (Å²) in [5, 5.41) is 31.4. The molecule has 8 fully saturated rings. The predicted molar refractivity (Wildman–Crippen MR) is 212 cm³/mol. The van der Waals surface area contributed by atoms with Crippen LogP contribution in [0.3, 0.4) is 0 Å². The molecule has 3 N–H and O–H groups in total. The molecule has 8 saturated carbocycles. The topological polar surface area (TPSA) is 104 Å². The van der Waals surface area contributed by atoms with Gasteiger partial charge in [-0.1, -0.05) is 41.5 Å². The molecule has 5 unspecified atom stereocenters. The van der Waals surface area contributed by atoms with Crippen molar-refractivity contribution in [2.75, 3.05) is 0 Å². The van der Waals surface area contributed by atoms with E-state index in [1.54, 1.807) is 0 Å². The summed E-state index contributed by atoms with van der Waals surface area (Å²) in [6, 6.07) is 0. The van der Waals surface area contributed by atoms with Crippen molar-refractivity contribution in [1.29, 1.82) is 0 Å². The molecule has 0 aliphatic heterocycles. The SMILES string of the molecule is C[C@H](CCC(=O)O)[C@H]1CC[C@H]2[C@@H]3CCC4C[C@H](OC(=O)CC[C@@H](C)[C@H]5CCC6C7C(CC[C@@]65C)[C@@]5(C)CC[C@H](O)CC5C[C@@H]7O)CC[C@]4(C)[C@H]3CC[C@]12C. The van der Waals surface area contributed by atoms with Crippen molar-refractivity contribution >= 4 is 11.9 Å². The Kier molecular flexibility index (Phi) is 10.7. The van der Waals surface area contributed by atoms with Crippen molar-refractivity contribution in [3.05, 3.63) is 0 Å². The van der Waals surface area contributed by atoms with E-state index >= 15 is 0 Å². The molecule has 0 bridgehead atoms. The van der Waals surface area contributed by atoms with Gasteiger partial charge in [0.1, 0.15) is 6.10 Å². The largest absolute Gasteiger partial charge is 0.481 e. The smallest absolute Gasteiger partial charge is 0.306 e. The molecule has 0 saturated heterocycles. The van der Waals surface area contributed by atoms with E-state index in [0.29, 0.717) is 76.9 Å². The molecule has 0 amide bonds. The van der Waals surface area contributed by atoms with Crippen LogP contribution in [0.4, 0.5) is 0 Å². The molecule has 0 heterocycles. The Hall–Kier alpha value is -1.14. The highest BCUT2D eigenvalue weighted by atomic mass is 16.5. The van der Waals surface area contributed by atoms with Gasteiger partial charge in [-0.05, 0) is 215 Å². The first-order chi connectivity index (χ1) is 25.6. The summed E-state index contributed by atoms with van der Waals surface area (Å²) < 4.78 is 6.35. The van der Waals surface area contributed by atoms with Crippen molar-refractivity contribution in [2.45, 2.75) is 195 Å². The number of aliphatic hydroxyl groups excluding tert-OH is 2. The third kappa shape index (κ3) is 6.46. The molecule has 54 heavy (non-hydrogen) atoms. The Morgan fingerprint density at radius 2 is 1.17 bits per heavy atom. The normalized spacial score (nSPS) is 52.0. The van der Waals surface area contributed by atoms with Gasteiger partial charge in [-0.2, -0.15) is 0 Å². The number of carbonyl (C=O) groups is 2. The first-order valence-corrected chi connectivity index (χ1v) is 23.4. The highest BCUT2D eigenvalue weighted by molar-refractivity contribution is 5.69. The summed E-state index contributed by atoms with van der Waals surface area (Å²) >= 11 is 0. The number of carboxylic acid groups (broad SMARTS) is 1. The summed E-state index contributed by atoms with van der Waals surface area (Å²) in [5.74, 6) is 6.61. The lowest BCUT2D eigenvalue weighted by atomic mass is 9.43. The van der Waals surface area contributed by atoms with Gasteiger partial charge in [0.15, 0.2) is 0 Å². The van der Waals surface area contributed by atoms with Crippen LogP contribution in [0.2, 0.25) is 0 Å². The van der Waals surface area contributed by atoms with E-state index in [1.807, 2.05) is 0 Å². The molecule has 19 atom stereocenters. The van der Waals surface area contributed by atoms with E-state index in [2.05, 4.69) is 41.5 Å². The van der Waals surface area contributed by atoms with Crippen LogP contribution in [0.15, 0.2) is 0 Å². The first kappa shape index (κ1) is 39.7. The summed E-state index contributed by atoms with van der Waals surface area (Å²) in [5.41, 5.74) is 1.21. The second-order valence-corrected chi connectivity index (χ2v) is 22.6. The molecule has 8 aliphatic carbocycles. The van der Waals surface area contributed by atoms with E-state index in [-0.39, 0.29) is 35.1 Å². The minimum Gasteiger partial charge on any atom is -0.481 e. The van der Waals surface area contributed by atoms with Crippen LogP contribution in [0.25, 0.3) is 0 Å². The maximum atomic E-state index is 13.5. The second-order valence-electron chi connectivity index (χ2n) is 22.6. The molecule has 306 valence electrons. The van der Waals surface area contributed by atoms with Gasteiger partial charge in [0, 0.05) is 12.8 Å². The quantitative estimate of drug-likeness (QED) is 0.203. The van der Waals surface area contributed by atoms with Crippen molar-refractivity contribution < 1.29 is 29.6 Å². The van der Waals surface area contributed by atoms with Gasteiger partial charge in [0.2, 0.25) is 0 Å². The Morgan fingerprint density at radius 1 is 0.611 bits per heavy atom. The zero-order chi connectivity index (χ0) is 38.4. The lowest BCUT2D eigenvalue weighted by Gasteiger charge is -2.62. The lowest BCUT2D eigenvalue weighted by Crippen LogP contribution is -2.58. The molecule has 0 radical (unpaired) electrons. The number of rotatable bonds is 9. The van der Waals surface area contributed by atoms with E-state index in [4.69, 9.17) is 4.74 Å². The number of ether oxygens (including phenoxy) is 1. The Balaban J connectivity index is 0.831. The van der Waals surface area contributed by atoms with Crippen LogP contribution in [0.5, 0.6) is 0 Å². The van der Waals surface area contributed by atoms with Crippen molar-refractivity contribution in [3.63, 3.8) is 0 Å². The van der Waals surface area contributed by atoms with Crippen LogP contribution in [0.1, 0.15) is 176 Å². The minimum atomic E-state index is -0.655. The Morgan fingerprint density at radius 3 is 1.87 bits per heavy atom. The maximum absolute atomic E-state index is 13.5. The molecular formula is C48H78O6. The molecule has 0 spiro atoms. The summed E-state index contributed by atoms with van der Waals surface area (Å²) in [4.78, 5) is 24.8. The fourth-order valence-corrected chi connectivity index (χ4v) is 17.8. The summed E-state index contributed by atoms with van der Waals surface area (Å²) in [6.45, 7) is 14.9. The van der Waals surface area contributed by atoms with Gasteiger partial charge in [-0.25, -0.2) is 0 Å². The number of esters is 1. The number of hydrogen-bond acceptors (Lipinski definition) is 5. The number of carboxylic acids is 1. The summed E-state index contributed by atoms with van der Waals surface area (Å²) in [7, 11) is 0. The number of hydrogen-bond donors (Lipinski definition) is 3. The minimum absolute atomic E-state index is 0.0242. The molecule has 6 nitrogen and oxygen atoms in total. The zero-order valence-corrected chi connectivity index (χ0v) is 35.1. The first-order valence-electron chi connectivity index (χ1n) is 23.4. The van der Waals surface area contributed by atoms with Crippen LogP contribution >= 0.6 is 0 Å². The Labute approximate surface area is 328 Å². The molecule has 8 aliphatic rings.